The molecule has 0 saturated heterocycles. The third-order valence-electron chi connectivity index (χ3n) is 9.30. The summed E-state index contributed by atoms with van der Waals surface area (Å²) in [6, 6.07) is 48.4. The van der Waals surface area contributed by atoms with Crippen LogP contribution in [0, 0.1) is 5.92 Å². The average molecular weight is 585 g/mol. The molecule has 44 heavy (non-hydrogen) atoms. The number of hydrogen-bond acceptors (Lipinski definition) is 1. The summed E-state index contributed by atoms with van der Waals surface area (Å²) < 4.78 is 12.7. The summed E-state index contributed by atoms with van der Waals surface area (Å²) in [5, 5.41) is 8.55. The van der Waals surface area contributed by atoms with Crippen molar-refractivity contribution in [3.8, 4) is 0 Å². The van der Waals surface area contributed by atoms with Crippen LogP contribution in [0.5, 0.6) is 0 Å². The second kappa shape index (κ2) is 10.5. The summed E-state index contributed by atoms with van der Waals surface area (Å²) in [5.74, 6) is 0.224. The number of benzene rings is 6. The first-order valence-corrected chi connectivity index (χ1v) is 17.9. The summed E-state index contributed by atoms with van der Waals surface area (Å²) in [5.41, 5.74) is 8.99. The molecule has 0 saturated carbocycles. The molecule has 0 aliphatic heterocycles. The molecule has 1 atom stereocenters. The highest BCUT2D eigenvalue weighted by Crippen LogP contribution is 2.44. The van der Waals surface area contributed by atoms with Crippen molar-refractivity contribution in [1.29, 1.82) is 0 Å². The fraction of sp³-hybridized carbons (Fsp3) is 0.0952. The Morgan fingerprint density at radius 3 is 1.77 bits per heavy atom. The first kappa shape index (κ1) is 26.9. The molecule has 6 aromatic rings. The van der Waals surface area contributed by atoms with Gasteiger partial charge < -0.3 is 4.57 Å². The molecule has 212 valence electrons. The van der Waals surface area contributed by atoms with Crippen molar-refractivity contribution in [2.45, 2.75) is 6.42 Å². The molecule has 2 aliphatic rings. The third-order valence-corrected chi connectivity index (χ3v) is 10.8. The predicted octanol–water partition coefficient (Wildman–Crippen LogP) is 8.68. The van der Waals surface area contributed by atoms with Crippen LogP contribution >= 0.6 is 7.14 Å². The molecule has 1 unspecified atom stereocenters. The van der Waals surface area contributed by atoms with Crippen LogP contribution in [0.1, 0.15) is 23.1 Å². The summed E-state index contributed by atoms with van der Waals surface area (Å²) in [6.07, 6.45) is 5.73. The number of fused-ring (bicyclic) bond motifs is 4. The fourth-order valence-corrected chi connectivity index (χ4v) is 7.96. The van der Waals surface area contributed by atoms with E-state index >= 15 is 0 Å². The molecule has 2 aliphatic carbocycles. The van der Waals surface area contributed by atoms with Crippen molar-refractivity contribution in [3.63, 3.8) is 0 Å². The Balaban J connectivity index is 1.39. The summed E-state index contributed by atoms with van der Waals surface area (Å²) in [4.78, 5) is 0. The van der Waals surface area contributed by atoms with Crippen LogP contribution < -0.4 is 15.7 Å². The van der Waals surface area contributed by atoms with E-state index in [1.54, 1.807) is 0 Å². The molecule has 0 bridgehead atoms. The first-order valence-electron chi connectivity index (χ1n) is 15.3. The van der Waals surface area contributed by atoms with Gasteiger partial charge in [-0.2, -0.15) is 0 Å². The summed E-state index contributed by atoms with van der Waals surface area (Å²) in [6.45, 7) is 3.67. The fourth-order valence-electron chi connectivity index (χ4n) is 7.09. The van der Waals surface area contributed by atoms with E-state index in [1.807, 2.05) is 25.5 Å². The Morgan fingerprint density at radius 1 is 0.568 bits per heavy atom. The van der Waals surface area contributed by atoms with Gasteiger partial charge in [-0.05, 0) is 103 Å². The molecule has 0 heterocycles. The Morgan fingerprint density at radius 2 is 1.11 bits per heavy atom. The average Bonchev–Trinajstić information content (AvgIpc) is 3.06. The zero-order valence-corrected chi connectivity index (χ0v) is 25.9. The Hall–Kier alpha value is -4.71. The van der Waals surface area contributed by atoms with Crippen molar-refractivity contribution in [3.05, 3.63) is 178 Å². The lowest BCUT2D eigenvalue weighted by Crippen LogP contribution is -2.38. The normalized spacial score (nSPS) is 16.4. The molecule has 6 aromatic carbocycles. The largest absolute Gasteiger partial charge is 0.319 e. The van der Waals surface area contributed by atoms with Crippen molar-refractivity contribution in [1.82, 2.24) is 0 Å². The van der Waals surface area contributed by atoms with Gasteiger partial charge in [0.05, 0.1) is 0 Å². The summed E-state index contributed by atoms with van der Waals surface area (Å²) in [7, 11) is -2.31. The van der Waals surface area contributed by atoms with Gasteiger partial charge >= 0.3 is 0 Å². The molecule has 2 heteroatoms. The number of rotatable bonds is 4. The Kier molecular flexibility index (Phi) is 6.40. The maximum absolute atomic E-state index is 12.7. The SMILES string of the molecule is CP(C)(=O)c1ccc(C2=CCC3C(=C2)C(c2ccc4ccccc4c2)=c2ccccc2=C3c2ccc3ccccc3c2)cc1. The summed E-state index contributed by atoms with van der Waals surface area (Å²) >= 11 is 0. The molecule has 0 amide bonds. The zero-order chi connectivity index (χ0) is 29.8. The van der Waals surface area contributed by atoms with E-state index in [-0.39, 0.29) is 5.92 Å². The predicted molar refractivity (Wildman–Crippen MR) is 188 cm³/mol. The van der Waals surface area contributed by atoms with Gasteiger partial charge in [-0.1, -0.05) is 133 Å². The minimum atomic E-state index is -2.31. The lowest BCUT2D eigenvalue weighted by Gasteiger charge is -2.32. The lowest BCUT2D eigenvalue weighted by molar-refractivity contribution is 0.588. The lowest BCUT2D eigenvalue weighted by atomic mass is 9.71. The molecule has 8 rings (SSSR count). The van der Waals surface area contributed by atoms with E-state index in [1.165, 1.54) is 65.4 Å². The maximum Gasteiger partial charge on any atom is 0.109 e. The molecule has 0 aromatic heterocycles. The standard InChI is InChI=1S/C42H33OP/c1-44(2,43)36-22-19-30(20-23-36)33-21-24-39-40(27-33)42(35-18-16-29-10-4-6-12-32(29)26-35)38-14-8-7-13-37(38)41(39)34-17-15-28-9-3-5-11-31(28)25-34/h3-23,25-27,39H,24H2,1-2H3. The van der Waals surface area contributed by atoms with Gasteiger partial charge in [0.25, 0.3) is 0 Å². The van der Waals surface area contributed by atoms with Gasteiger partial charge in [-0.3, -0.25) is 0 Å². The maximum atomic E-state index is 12.7. The van der Waals surface area contributed by atoms with Gasteiger partial charge in [0.2, 0.25) is 0 Å². The minimum Gasteiger partial charge on any atom is -0.319 e. The van der Waals surface area contributed by atoms with Gasteiger partial charge in [0.1, 0.15) is 7.14 Å². The molecule has 0 spiro atoms. The third kappa shape index (κ3) is 4.60. The molecular formula is C42H33OP. The van der Waals surface area contributed by atoms with E-state index in [0.29, 0.717) is 0 Å². The van der Waals surface area contributed by atoms with Crippen LogP contribution in [-0.2, 0) is 4.57 Å². The smallest absolute Gasteiger partial charge is 0.109 e. The quantitative estimate of drug-likeness (QED) is 0.190. The number of hydrogen-bond donors (Lipinski definition) is 0. The van der Waals surface area contributed by atoms with Crippen LogP contribution in [0.25, 0.3) is 38.3 Å². The molecule has 0 N–H and O–H groups in total. The second-order valence-electron chi connectivity index (χ2n) is 12.4. The highest BCUT2D eigenvalue weighted by atomic mass is 31.2. The zero-order valence-electron chi connectivity index (χ0n) is 25.0. The van der Waals surface area contributed by atoms with Gasteiger partial charge in [0.15, 0.2) is 0 Å². The second-order valence-corrected chi connectivity index (χ2v) is 15.6. The number of allylic oxidation sites excluding steroid dienone is 4. The molecule has 1 nitrogen and oxygen atoms in total. The van der Waals surface area contributed by atoms with Crippen LogP contribution in [0.4, 0.5) is 0 Å². The minimum absolute atomic E-state index is 0.224. The molecule has 0 fully saturated rings. The highest BCUT2D eigenvalue weighted by molar-refractivity contribution is 7.70. The van der Waals surface area contributed by atoms with Crippen LogP contribution in [0.15, 0.2) is 151 Å². The van der Waals surface area contributed by atoms with Gasteiger partial charge in [-0.15, -0.1) is 0 Å². The van der Waals surface area contributed by atoms with Crippen molar-refractivity contribution in [2.75, 3.05) is 13.3 Å². The van der Waals surface area contributed by atoms with Crippen molar-refractivity contribution in [2.24, 2.45) is 5.92 Å². The van der Waals surface area contributed by atoms with Crippen molar-refractivity contribution >= 4 is 50.7 Å². The van der Waals surface area contributed by atoms with Crippen molar-refractivity contribution < 1.29 is 4.57 Å². The Labute approximate surface area is 258 Å². The van der Waals surface area contributed by atoms with E-state index in [2.05, 4.69) is 133 Å². The van der Waals surface area contributed by atoms with Crippen LogP contribution in [0.2, 0.25) is 0 Å². The van der Waals surface area contributed by atoms with Crippen LogP contribution in [0.3, 0.4) is 0 Å². The molecular weight excluding hydrogens is 551 g/mol. The van der Waals surface area contributed by atoms with Crippen LogP contribution in [-0.4, -0.2) is 13.3 Å². The molecule has 0 radical (unpaired) electrons. The van der Waals surface area contributed by atoms with Gasteiger partial charge in [-0.25, -0.2) is 0 Å². The topological polar surface area (TPSA) is 17.1 Å². The van der Waals surface area contributed by atoms with E-state index < -0.39 is 7.14 Å². The van der Waals surface area contributed by atoms with E-state index in [9.17, 15) is 4.57 Å². The Bertz CT molecular complexity index is 2350. The van der Waals surface area contributed by atoms with E-state index in [0.717, 1.165) is 17.3 Å². The monoisotopic (exact) mass is 584 g/mol. The first-order chi connectivity index (χ1) is 21.4. The highest BCUT2D eigenvalue weighted by Gasteiger charge is 2.31. The van der Waals surface area contributed by atoms with Gasteiger partial charge in [0, 0.05) is 11.2 Å². The van der Waals surface area contributed by atoms with E-state index in [4.69, 9.17) is 0 Å².